The Bertz CT molecular complexity index is 4590. The molecule has 0 radical (unpaired) electrons. The standard InChI is InChI=1S/C80H60N6/c1-79(2)69-25-13-11-23-65(69)67-47-45-63(51-71(67)79)85(61-41-33-55(34-42-61)75-77(57-19-7-5-8-20-57)83-49-17-15-27-73(83)81-75)59-37-29-53(30-38-59)54-31-39-60(40-32-54)86(64-46-48-68-66-24-12-14-26-70(66)80(3,4)72(68)52-64)62-43-35-56(36-44-62)76-78(58-21-9-6-10-22-58)84-50-18-16-28-74(84)82-76/h5-52H,1-4H3. The van der Waals surface area contributed by atoms with E-state index in [4.69, 9.17) is 9.97 Å². The van der Waals surface area contributed by atoms with Crippen molar-refractivity contribution in [3.63, 3.8) is 0 Å². The zero-order chi connectivity index (χ0) is 57.7. The lowest BCUT2D eigenvalue weighted by molar-refractivity contribution is 0.660. The van der Waals surface area contributed by atoms with Gasteiger partial charge in [-0.1, -0.05) is 210 Å². The predicted molar refractivity (Wildman–Crippen MR) is 356 cm³/mol. The fourth-order valence-corrected chi connectivity index (χ4v) is 13.8. The molecule has 410 valence electrons. The summed E-state index contributed by atoms with van der Waals surface area (Å²) in [5.74, 6) is 0. The van der Waals surface area contributed by atoms with Crippen molar-refractivity contribution in [2.24, 2.45) is 0 Å². The quantitative estimate of drug-likeness (QED) is 0.129. The molecule has 6 heteroatoms. The summed E-state index contributed by atoms with van der Waals surface area (Å²) in [6, 6.07) is 101. The van der Waals surface area contributed by atoms with Crippen molar-refractivity contribution in [3.05, 3.63) is 314 Å². The van der Waals surface area contributed by atoms with Crippen molar-refractivity contribution in [3.8, 4) is 78.4 Å². The number of fused-ring (bicyclic) bond motifs is 8. The van der Waals surface area contributed by atoms with Crippen LogP contribution in [0.4, 0.5) is 34.1 Å². The predicted octanol–water partition coefficient (Wildman–Crippen LogP) is 20.9. The van der Waals surface area contributed by atoms with Crippen LogP contribution in [-0.2, 0) is 10.8 Å². The second-order valence-corrected chi connectivity index (χ2v) is 23.9. The summed E-state index contributed by atoms with van der Waals surface area (Å²) < 4.78 is 4.39. The minimum absolute atomic E-state index is 0.158. The first-order valence-electron chi connectivity index (χ1n) is 29.7. The first-order chi connectivity index (χ1) is 42.2. The van der Waals surface area contributed by atoms with E-state index in [1.807, 2.05) is 0 Å². The van der Waals surface area contributed by atoms with Crippen LogP contribution in [-0.4, -0.2) is 18.8 Å². The molecule has 0 saturated heterocycles. The Balaban J connectivity index is 0.765. The van der Waals surface area contributed by atoms with Crippen molar-refractivity contribution in [2.75, 3.05) is 9.80 Å². The third-order valence-electron chi connectivity index (χ3n) is 18.2. The second-order valence-electron chi connectivity index (χ2n) is 23.9. The van der Waals surface area contributed by atoms with E-state index in [0.29, 0.717) is 0 Å². The zero-order valence-electron chi connectivity index (χ0n) is 48.4. The molecule has 0 aliphatic heterocycles. The average Bonchev–Trinajstić information content (AvgIpc) is 1.76. The molecule has 4 heterocycles. The molecular weight excluding hydrogens is 1040 g/mol. The van der Waals surface area contributed by atoms with Crippen LogP contribution in [0.5, 0.6) is 0 Å². The van der Waals surface area contributed by atoms with E-state index in [-0.39, 0.29) is 10.8 Å². The lowest BCUT2D eigenvalue weighted by atomic mass is 9.82. The minimum atomic E-state index is -0.158. The lowest BCUT2D eigenvalue weighted by Gasteiger charge is -2.29. The van der Waals surface area contributed by atoms with Gasteiger partial charge in [-0.2, -0.15) is 0 Å². The summed E-state index contributed by atoms with van der Waals surface area (Å²) in [5, 5.41) is 0. The molecule has 16 rings (SSSR count). The molecule has 0 saturated carbocycles. The van der Waals surface area contributed by atoms with Gasteiger partial charge in [0.15, 0.2) is 0 Å². The molecule has 14 aromatic rings. The Morgan fingerprint density at radius 1 is 0.267 bits per heavy atom. The zero-order valence-corrected chi connectivity index (χ0v) is 48.4. The highest BCUT2D eigenvalue weighted by Crippen LogP contribution is 2.53. The van der Waals surface area contributed by atoms with Gasteiger partial charge in [-0.05, 0) is 153 Å². The van der Waals surface area contributed by atoms with Crippen LogP contribution in [0.2, 0.25) is 0 Å². The Labute approximate surface area is 501 Å². The van der Waals surface area contributed by atoms with Gasteiger partial charge in [-0.3, -0.25) is 8.80 Å². The third-order valence-corrected chi connectivity index (χ3v) is 18.2. The average molecular weight is 1110 g/mol. The number of rotatable bonds is 11. The van der Waals surface area contributed by atoms with Crippen molar-refractivity contribution >= 4 is 45.4 Å². The van der Waals surface area contributed by atoms with E-state index < -0.39 is 0 Å². The molecule has 0 atom stereocenters. The van der Waals surface area contributed by atoms with Gasteiger partial charge in [0.2, 0.25) is 0 Å². The molecule has 86 heavy (non-hydrogen) atoms. The van der Waals surface area contributed by atoms with Crippen LogP contribution in [0.3, 0.4) is 0 Å². The number of anilines is 6. The van der Waals surface area contributed by atoms with Gasteiger partial charge < -0.3 is 9.80 Å². The topological polar surface area (TPSA) is 41.1 Å². The molecule has 2 aliphatic rings. The van der Waals surface area contributed by atoms with Gasteiger partial charge in [0.05, 0.1) is 22.8 Å². The highest BCUT2D eigenvalue weighted by Gasteiger charge is 2.37. The van der Waals surface area contributed by atoms with Gasteiger partial charge in [0.25, 0.3) is 0 Å². The summed E-state index contributed by atoms with van der Waals surface area (Å²) in [6.07, 6.45) is 4.21. The van der Waals surface area contributed by atoms with E-state index >= 15 is 0 Å². The fraction of sp³-hybridized carbons (Fsp3) is 0.0750. The number of aromatic nitrogens is 4. The Morgan fingerprint density at radius 2 is 0.581 bits per heavy atom. The summed E-state index contributed by atoms with van der Waals surface area (Å²) in [4.78, 5) is 15.2. The summed E-state index contributed by atoms with van der Waals surface area (Å²) in [7, 11) is 0. The highest BCUT2D eigenvalue weighted by molar-refractivity contribution is 5.91. The molecule has 4 aromatic heterocycles. The van der Waals surface area contributed by atoms with E-state index in [1.165, 1.54) is 44.5 Å². The molecular formula is C80H60N6. The lowest BCUT2D eigenvalue weighted by Crippen LogP contribution is -2.16. The minimum Gasteiger partial charge on any atom is -0.310 e. The first kappa shape index (κ1) is 50.9. The third kappa shape index (κ3) is 8.23. The summed E-state index contributed by atoms with van der Waals surface area (Å²) in [5.41, 5.74) is 29.3. The molecule has 0 fully saturated rings. The van der Waals surface area contributed by atoms with Gasteiger partial charge in [-0.25, -0.2) is 9.97 Å². The highest BCUT2D eigenvalue weighted by atomic mass is 15.1. The Morgan fingerprint density at radius 3 is 0.965 bits per heavy atom. The number of hydrogen-bond acceptors (Lipinski definition) is 4. The van der Waals surface area contributed by atoms with E-state index in [9.17, 15) is 0 Å². The maximum atomic E-state index is 5.21. The molecule has 0 spiro atoms. The molecule has 6 nitrogen and oxygen atoms in total. The van der Waals surface area contributed by atoms with Crippen LogP contribution in [0, 0.1) is 0 Å². The first-order valence-corrected chi connectivity index (χ1v) is 29.7. The SMILES string of the molecule is CC1(C)c2ccccc2-c2ccc(N(c3ccc(-c4ccc(N(c5ccc(-c6nc7ccccn7c6-c6ccccc6)cc5)c5ccc6c(c5)C(C)(C)c5ccccc5-6)cc4)cc3)c3ccc(-c4nc5ccccn5c4-c4ccccc4)cc3)cc21. The van der Waals surface area contributed by atoms with Crippen LogP contribution >= 0.6 is 0 Å². The maximum absolute atomic E-state index is 5.21. The van der Waals surface area contributed by atoms with E-state index in [1.54, 1.807) is 0 Å². The van der Waals surface area contributed by atoms with Crippen molar-refractivity contribution in [1.82, 2.24) is 18.8 Å². The van der Waals surface area contributed by atoms with E-state index in [0.717, 1.165) is 102 Å². The van der Waals surface area contributed by atoms with Crippen LogP contribution in [0.25, 0.3) is 89.7 Å². The normalized spacial score (nSPS) is 13.3. The second kappa shape index (κ2) is 19.9. The molecule has 2 aliphatic carbocycles. The van der Waals surface area contributed by atoms with Crippen molar-refractivity contribution in [2.45, 2.75) is 38.5 Å². The number of pyridine rings is 2. The molecule has 0 unspecified atom stereocenters. The summed E-state index contributed by atoms with van der Waals surface area (Å²) >= 11 is 0. The number of nitrogens with zero attached hydrogens (tertiary/aromatic N) is 6. The Kier molecular flexibility index (Phi) is 11.8. The van der Waals surface area contributed by atoms with Gasteiger partial charge in [-0.15, -0.1) is 0 Å². The largest absolute Gasteiger partial charge is 0.310 e. The van der Waals surface area contributed by atoms with Gasteiger partial charge in [0, 0.05) is 79.6 Å². The van der Waals surface area contributed by atoms with Crippen molar-refractivity contribution < 1.29 is 0 Å². The molecule has 0 amide bonds. The maximum Gasteiger partial charge on any atom is 0.137 e. The van der Waals surface area contributed by atoms with Crippen LogP contribution < -0.4 is 9.80 Å². The Hall–Kier alpha value is -10.8. The number of hydrogen-bond donors (Lipinski definition) is 0. The monoisotopic (exact) mass is 1100 g/mol. The van der Waals surface area contributed by atoms with E-state index in [2.05, 4.69) is 338 Å². The molecule has 0 bridgehead atoms. The van der Waals surface area contributed by atoms with Crippen LogP contribution in [0.15, 0.2) is 291 Å². The smallest absolute Gasteiger partial charge is 0.137 e. The molecule has 10 aromatic carbocycles. The molecule has 0 N–H and O–H groups in total. The summed E-state index contributed by atoms with van der Waals surface area (Å²) in [6.45, 7) is 9.41. The van der Waals surface area contributed by atoms with Gasteiger partial charge in [0.1, 0.15) is 11.3 Å². The number of imidazole rings is 2. The van der Waals surface area contributed by atoms with Crippen LogP contribution in [0.1, 0.15) is 49.9 Å². The van der Waals surface area contributed by atoms with Gasteiger partial charge >= 0.3 is 0 Å². The van der Waals surface area contributed by atoms with Crippen molar-refractivity contribution in [1.29, 1.82) is 0 Å². The number of benzene rings is 10. The fourth-order valence-electron chi connectivity index (χ4n) is 13.8.